The highest BCUT2D eigenvalue weighted by molar-refractivity contribution is 6.05. The largest absolute Gasteiger partial charge is 0.327 e. The number of hydrogen-bond acceptors (Lipinski definition) is 2. The summed E-state index contributed by atoms with van der Waals surface area (Å²) >= 11 is 0. The molecule has 1 unspecified atom stereocenters. The van der Waals surface area contributed by atoms with Gasteiger partial charge in [-0.1, -0.05) is 20.8 Å². The van der Waals surface area contributed by atoms with Crippen LogP contribution in [0, 0.1) is 5.41 Å². The van der Waals surface area contributed by atoms with Gasteiger partial charge in [0, 0.05) is 12.6 Å². The van der Waals surface area contributed by atoms with E-state index in [2.05, 4.69) is 0 Å². The predicted octanol–water partition coefficient (Wildman–Crippen LogP) is 2.09. The number of likely N-dealkylation sites (N-methyl/N-ethyl adjacent to an activating group) is 1. The first-order chi connectivity index (χ1) is 6.98. The fourth-order valence-electron chi connectivity index (χ4n) is 2.22. The Balaban J connectivity index is 3.15. The molecule has 1 atom stereocenters. The molecule has 0 aromatic rings. The molecule has 0 aliphatic carbocycles. The zero-order chi connectivity index (χ0) is 12.9. The Labute approximate surface area is 97.6 Å². The van der Waals surface area contributed by atoms with E-state index < -0.39 is 5.54 Å². The third-order valence-corrected chi connectivity index (χ3v) is 2.83. The summed E-state index contributed by atoms with van der Waals surface area (Å²) in [5, 5.41) is 0. The monoisotopic (exact) mass is 226 g/mol. The van der Waals surface area contributed by atoms with Crippen LogP contribution in [-0.2, 0) is 4.79 Å². The Morgan fingerprint density at radius 2 is 1.44 bits per heavy atom. The molecule has 0 bridgehead atoms. The zero-order valence-electron chi connectivity index (χ0n) is 11.3. The van der Waals surface area contributed by atoms with Crippen LogP contribution in [0.5, 0.6) is 0 Å². The van der Waals surface area contributed by atoms with Crippen molar-refractivity contribution in [3.8, 4) is 0 Å². The van der Waals surface area contributed by atoms with Crippen LogP contribution in [-0.4, -0.2) is 40.4 Å². The molecule has 0 aromatic carbocycles. The molecule has 0 radical (unpaired) electrons. The van der Waals surface area contributed by atoms with Crippen LogP contribution in [0.15, 0.2) is 0 Å². The first kappa shape index (κ1) is 13.0. The van der Waals surface area contributed by atoms with Gasteiger partial charge in [0.25, 0.3) is 5.91 Å². The number of imide groups is 1. The quantitative estimate of drug-likeness (QED) is 0.593. The van der Waals surface area contributed by atoms with Gasteiger partial charge in [-0.15, -0.1) is 0 Å². The molecule has 92 valence electrons. The van der Waals surface area contributed by atoms with Gasteiger partial charge in [-0.2, -0.15) is 0 Å². The fraction of sp³-hybridized carbons (Fsp3) is 0.833. The Bertz CT molecular complexity index is 323. The highest BCUT2D eigenvalue weighted by Crippen LogP contribution is 2.33. The van der Waals surface area contributed by atoms with Crippen molar-refractivity contribution in [1.29, 1.82) is 0 Å². The summed E-state index contributed by atoms with van der Waals surface area (Å²) in [6.07, 6.45) is 0. The highest BCUT2D eigenvalue weighted by atomic mass is 16.2. The Morgan fingerprint density at radius 1 is 1.00 bits per heavy atom. The predicted molar refractivity (Wildman–Crippen MR) is 63.0 cm³/mol. The summed E-state index contributed by atoms with van der Waals surface area (Å²) in [5.74, 6) is -0.0903. The number of carbonyl (C=O) groups excluding carboxylic acids is 2. The van der Waals surface area contributed by atoms with Gasteiger partial charge in [-0.05, 0) is 26.2 Å². The van der Waals surface area contributed by atoms with Crippen molar-refractivity contribution in [1.82, 2.24) is 9.80 Å². The molecule has 3 amide bonds. The molecule has 0 N–H and O–H groups in total. The molecule has 16 heavy (non-hydrogen) atoms. The summed E-state index contributed by atoms with van der Waals surface area (Å²) in [4.78, 5) is 27.2. The highest BCUT2D eigenvalue weighted by Gasteiger charge is 2.51. The number of carbonyl (C=O) groups is 2. The van der Waals surface area contributed by atoms with E-state index in [1.165, 1.54) is 4.90 Å². The zero-order valence-corrected chi connectivity index (χ0v) is 11.3. The average molecular weight is 226 g/mol. The Hall–Kier alpha value is -1.06. The maximum absolute atomic E-state index is 12.3. The van der Waals surface area contributed by atoms with E-state index in [1.807, 2.05) is 41.5 Å². The molecule has 1 aliphatic heterocycles. The van der Waals surface area contributed by atoms with Crippen LogP contribution >= 0.6 is 0 Å². The van der Waals surface area contributed by atoms with Gasteiger partial charge in [0.2, 0.25) is 0 Å². The second kappa shape index (κ2) is 3.47. The third kappa shape index (κ3) is 1.93. The van der Waals surface area contributed by atoms with Gasteiger partial charge >= 0.3 is 6.03 Å². The molecule has 1 fully saturated rings. The topological polar surface area (TPSA) is 40.6 Å². The Morgan fingerprint density at radius 3 is 1.62 bits per heavy atom. The van der Waals surface area contributed by atoms with E-state index in [0.717, 1.165) is 0 Å². The van der Waals surface area contributed by atoms with Gasteiger partial charge in [0.05, 0.1) is 0 Å². The average Bonchev–Trinajstić information content (AvgIpc) is 2.19. The van der Waals surface area contributed by atoms with Crippen molar-refractivity contribution < 1.29 is 9.59 Å². The summed E-state index contributed by atoms with van der Waals surface area (Å²) in [6.45, 7) is 11.6. The maximum Gasteiger partial charge on any atom is 0.327 e. The van der Waals surface area contributed by atoms with Gasteiger partial charge in [-0.3, -0.25) is 9.69 Å². The standard InChI is InChI=1S/C12H22N2O2/c1-11(2,3)8-9(15)14(12(4,5)6)10(16)13(8)7/h8H,1-7H3. The minimum Gasteiger partial charge on any atom is -0.315 e. The SMILES string of the molecule is CN1C(=O)N(C(C)(C)C)C(=O)C1C(C)(C)C. The van der Waals surface area contributed by atoms with Crippen molar-refractivity contribution in [2.75, 3.05) is 7.05 Å². The number of hydrogen-bond donors (Lipinski definition) is 0. The molecule has 1 rings (SSSR count). The molecule has 0 saturated carbocycles. The molecule has 1 heterocycles. The lowest BCUT2D eigenvalue weighted by molar-refractivity contribution is -0.133. The number of rotatable bonds is 0. The van der Waals surface area contributed by atoms with Crippen molar-refractivity contribution in [2.24, 2.45) is 5.41 Å². The van der Waals surface area contributed by atoms with Gasteiger partial charge in [0.1, 0.15) is 6.04 Å². The first-order valence-electron chi connectivity index (χ1n) is 5.59. The molecule has 4 nitrogen and oxygen atoms in total. The lowest BCUT2D eigenvalue weighted by Gasteiger charge is -2.30. The fourth-order valence-corrected chi connectivity index (χ4v) is 2.22. The van der Waals surface area contributed by atoms with E-state index >= 15 is 0 Å². The lowest BCUT2D eigenvalue weighted by atomic mass is 9.85. The smallest absolute Gasteiger partial charge is 0.315 e. The normalized spacial score (nSPS) is 23.3. The molecule has 1 aliphatic rings. The van der Waals surface area contributed by atoms with Crippen molar-refractivity contribution in [2.45, 2.75) is 53.1 Å². The third-order valence-electron chi connectivity index (χ3n) is 2.83. The number of amides is 3. The number of urea groups is 1. The minimum atomic E-state index is -0.456. The minimum absolute atomic E-state index is 0.0903. The van der Waals surface area contributed by atoms with E-state index in [0.29, 0.717) is 0 Å². The van der Waals surface area contributed by atoms with Crippen LogP contribution in [0.25, 0.3) is 0 Å². The van der Waals surface area contributed by atoms with Crippen LogP contribution in [0.2, 0.25) is 0 Å². The van der Waals surface area contributed by atoms with Crippen LogP contribution in [0.3, 0.4) is 0 Å². The van der Waals surface area contributed by atoms with Crippen molar-refractivity contribution >= 4 is 11.9 Å². The summed E-state index contributed by atoms with van der Waals surface area (Å²) < 4.78 is 0. The summed E-state index contributed by atoms with van der Waals surface area (Å²) in [6, 6.07) is -0.559. The van der Waals surface area contributed by atoms with Crippen LogP contribution < -0.4 is 0 Å². The van der Waals surface area contributed by atoms with Crippen molar-refractivity contribution in [3.63, 3.8) is 0 Å². The maximum atomic E-state index is 12.3. The van der Waals surface area contributed by atoms with Gasteiger partial charge < -0.3 is 4.90 Å². The second-order valence-electron chi connectivity index (χ2n) is 6.51. The van der Waals surface area contributed by atoms with E-state index in [1.54, 1.807) is 11.9 Å². The summed E-state index contributed by atoms with van der Waals surface area (Å²) in [7, 11) is 1.70. The number of nitrogens with zero attached hydrogens (tertiary/aromatic N) is 2. The van der Waals surface area contributed by atoms with Crippen LogP contribution in [0.1, 0.15) is 41.5 Å². The van der Waals surface area contributed by atoms with Crippen molar-refractivity contribution in [3.05, 3.63) is 0 Å². The van der Waals surface area contributed by atoms with Gasteiger partial charge in [-0.25, -0.2) is 4.79 Å². The van der Waals surface area contributed by atoms with E-state index in [-0.39, 0.29) is 23.4 Å². The lowest BCUT2D eigenvalue weighted by Crippen LogP contribution is -2.47. The van der Waals surface area contributed by atoms with Gasteiger partial charge in [0.15, 0.2) is 0 Å². The molecule has 0 aromatic heterocycles. The van der Waals surface area contributed by atoms with E-state index in [9.17, 15) is 9.59 Å². The van der Waals surface area contributed by atoms with Crippen LogP contribution in [0.4, 0.5) is 4.79 Å². The molecular formula is C12H22N2O2. The first-order valence-corrected chi connectivity index (χ1v) is 5.59. The summed E-state index contributed by atoms with van der Waals surface area (Å²) in [5.41, 5.74) is -0.691. The molecule has 4 heteroatoms. The Kier molecular flexibility index (Phi) is 2.82. The molecule has 1 saturated heterocycles. The molecular weight excluding hydrogens is 204 g/mol. The second-order valence-corrected chi connectivity index (χ2v) is 6.51. The van der Waals surface area contributed by atoms with E-state index in [4.69, 9.17) is 0 Å². The molecule has 0 spiro atoms.